The van der Waals surface area contributed by atoms with Crippen molar-refractivity contribution in [1.82, 2.24) is 20.2 Å². The number of carbonyl (C=O) groups is 1. The molecule has 0 radical (unpaired) electrons. The Morgan fingerprint density at radius 3 is 2.58 bits per heavy atom. The molecule has 0 aliphatic carbocycles. The van der Waals surface area contributed by atoms with Gasteiger partial charge in [-0.2, -0.15) is 0 Å². The van der Waals surface area contributed by atoms with Crippen molar-refractivity contribution in [3.05, 3.63) is 46.7 Å². The van der Waals surface area contributed by atoms with Gasteiger partial charge in [-0.05, 0) is 24.6 Å². The van der Waals surface area contributed by atoms with E-state index >= 15 is 0 Å². The van der Waals surface area contributed by atoms with Crippen molar-refractivity contribution in [3.63, 3.8) is 0 Å². The van der Waals surface area contributed by atoms with E-state index in [1.54, 1.807) is 0 Å². The summed E-state index contributed by atoms with van der Waals surface area (Å²) in [5.41, 5.74) is 1.83. The van der Waals surface area contributed by atoms with Crippen molar-refractivity contribution in [1.29, 1.82) is 0 Å². The third kappa shape index (κ3) is 5.38. The van der Waals surface area contributed by atoms with E-state index < -0.39 is 18.4 Å². The molecule has 3 N–H and O–H groups in total. The lowest BCUT2D eigenvalue weighted by Crippen LogP contribution is -2.53. The fourth-order valence-corrected chi connectivity index (χ4v) is 4.50. The molecular formula is C23H31ClN6O3. The molecule has 3 atom stereocenters. The van der Waals surface area contributed by atoms with Gasteiger partial charge in [0.2, 0.25) is 0 Å². The van der Waals surface area contributed by atoms with E-state index in [1.807, 2.05) is 31.2 Å². The zero-order valence-electron chi connectivity index (χ0n) is 19.2. The number of fused-ring (bicyclic) bond motifs is 1. The number of hydrogen-bond acceptors (Lipinski definition) is 8. The van der Waals surface area contributed by atoms with Crippen LogP contribution in [0.5, 0.6) is 0 Å². The zero-order chi connectivity index (χ0) is 23.5. The van der Waals surface area contributed by atoms with Crippen LogP contribution < -0.4 is 15.5 Å². The number of benzene rings is 1. The van der Waals surface area contributed by atoms with Crippen LogP contribution in [0.15, 0.2) is 30.6 Å². The Morgan fingerprint density at radius 2 is 1.91 bits per heavy atom. The highest BCUT2D eigenvalue weighted by Gasteiger charge is 2.33. The summed E-state index contributed by atoms with van der Waals surface area (Å²) in [5.74, 6) is 1.16. The predicted octanol–water partition coefficient (Wildman–Crippen LogP) is 2.98. The molecule has 1 aromatic carbocycles. The summed E-state index contributed by atoms with van der Waals surface area (Å²) in [4.78, 5) is 24.6. The number of cyclic esters (lactones) is 1. The summed E-state index contributed by atoms with van der Waals surface area (Å²) in [5, 5.41) is 18.1. The van der Waals surface area contributed by atoms with Gasteiger partial charge in [0.25, 0.3) is 0 Å². The van der Waals surface area contributed by atoms with Crippen LogP contribution in [0, 0.1) is 0 Å². The van der Waals surface area contributed by atoms with Gasteiger partial charge in [0.05, 0.1) is 5.56 Å². The largest absolute Gasteiger partial charge is 0.441 e. The molecule has 2 aromatic rings. The SMILES string of the molecule is CC(C)NC[C@H](c1ccc(Cl)cc1)C(O)N1CCN(c2ncnc3c2[C@@H](C)OC(=O)N3)CC1. The van der Waals surface area contributed by atoms with Gasteiger partial charge in [0, 0.05) is 49.7 Å². The van der Waals surface area contributed by atoms with Crippen molar-refractivity contribution in [3.8, 4) is 0 Å². The van der Waals surface area contributed by atoms with Gasteiger partial charge in [0.15, 0.2) is 0 Å². The molecule has 10 heteroatoms. The molecule has 0 bridgehead atoms. The number of piperazine rings is 1. The van der Waals surface area contributed by atoms with Crippen LogP contribution >= 0.6 is 11.6 Å². The Bertz CT molecular complexity index is 965. The quantitative estimate of drug-likeness (QED) is 0.562. The first kappa shape index (κ1) is 23.7. The molecule has 33 heavy (non-hydrogen) atoms. The van der Waals surface area contributed by atoms with Crippen LogP contribution in [0.3, 0.4) is 0 Å². The van der Waals surface area contributed by atoms with Crippen LogP contribution in [0.4, 0.5) is 16.4 Å². The van der Waals surface area contributed by atoms with Crippen LogP contribution in [-0.4, -0.2) is 71.1 Å². The average Bonchev–Trinajstić information content (AvgIpc) is 2.79. The number of hydrogen-bond donors (Lipinski definition) is 3. The number of aliphatic hydroxyl groups is 1. The average molecular weight is 475 g/mol. The number of aliphatic hydroxyl groups excluding tert-OH is 1. The molecule has 4 rings (SSSR count). The maximum absolute atomic E-state index is 11.7. The highest BCUT2D eigenvalue weighted by molar-refractivity contribution is 6.30. The first-order chi connectivity index (χ1) is 15.8. The summed E-state index contributed by atoms with van der Waals surface area (Å²) in [6, 6.07) is 8.01. The monoisotopic (exact) mass is 474 g/mol. The van der Waals surface area contributed by atoms with Crippen molar-refractivity contribution >= 4 is 29.3 Å². The van der Waals surface area contributed by atoms with Gasteiger partial charge >= 0.3 is 6.09 Å². The van der Waals surface area contributed by atoms with Crippen LogP contribution in [-0.2, 0) is 4.74 Å². The minimum Gasteiger partial charge on any atom is -0.441 e. The summed E-state index contributed by atoms with van der Waals surface area (Å²) in [6.07, 6.45) is -0.108. The smallest absolute Gasteiger partial charge is 0.413 e. The fourth-order valence-electron chi connectivity index (χ4n) is 4.38. The fraction of sp³-hybridized carbons (Fsp3) is 0.522. The normalized spacial score (nSPS) is 20.7. The Labute approximate surface area is 199 Å². The first-order valence-corrected chi connectivity index (χ1v) is 11.7. The lowest BCUT2D eigenvalue weighted by Gasteiger charge is -2.41. The van der Waals surface area contributed by atoms with Gasteiger partial charge in [-0.1, -0.05) is 37.6 Å². The van der Waals surface area contributed by atoms with Crippen LogP contribution in [0.1, 0.15) is 43.9 Å². The highest BCUT2D eigenvalue weighted by Crippen LogP contribution is 2.35. The molecular weight excluding hydrogens is 444 g/mol. The second-order valence-corrected chi connectivity index (χ2v) is 9.23. The minimum absolute atomic E-state index is 0.0911. The number of halogens is 1. The van der Waals surface area contributed by atoms with Crippen molar-refractivity contribution in [2.45, 2.75) is 45.1 Å². The van der Waals surface area contributed by atoms with E-state index in [0.29, 0.717) is 49.6 Å². The topological polar surface area (TPSA) is 103 Å². The Hall–Kier alpha value is -2.46. The van der Waals surface area contributed by atoms with Crippen LogP contribution in [0.2, 0.25) is 5.02 Å². The summed E-state index contributed by atoms with van der Waals surface area (Å²) in [7, 11) is 0. The first-order valence-electron chi connectivity index (χ1n) is 11.3. The lowest BCUT2D eigenvalue weighted by atomic mass is 9.95. The molecule has 1 fully saturated rings. The van der Waals surface area contributed by atoms with Gasteiger partial charge in [-0.3, -0.25) is 10.2 Å². The molecule has 1 amide bonds. The lowest BCUT2D eigenvalue weighted by molar-refractivity contribution is -0.0202. The van der Waals surface area contributed by atoms with Gasteiger partial charge in [0.1, 0.15) is 30.3 Å². The number of ether oxygens (including phenoxy) is 1. The van der Waals surface area contributed by atoms with Crippen molar-refractivity contribution in [2.24, 2.45) is 0 Å². The van der Waals surface area contributed by atoms with Gasteiger partial charge in [-0.15, -0.1) is 0 Å². The van der Waals surface area contributed by atoms with E-state index in [-0.39, 0.29) is 5.92 Å². The molecule has 1 saturated heterocycles. The number of amides is 1. The van der Waals surface area contributed by atoms with Crippen LogP contribution in [0.25, 0.3) is 0 Å². The third-order valence-corrected chi connectivity index (χ3v) is 6.42. The Balaban J connectivity index is 1.47. The molecule has 9 nitrogen and oxygen atoms in total. The van der Waals surface area contributed by atoms with E-state index in [0.717, 1.165) is 16.9 Å². The summed E-state index contributed by atoms with van der Waals surface area (Å²) >= 11 is 6.08. The third-order valence-electron chi connectivity index (χ3n) is 6.17. The molecule has 2 aliphatic rings. The molecule has 178 valence electrons. The Kier molecular flexibility index (Phi) is 7.33. The van der Waals surface area contributed by atoms with Gasteiger partial charge in [-0.25, -0.2) is 14.8 Å². The summed E-state index contributed by atoms with van der Waals surface area (Å²) < 4.78 is 5.31. The van der Waals surface area contributed by atoms with Crippen molar-refractivity contribution < 1.29 is 14.6 Å². The molecule has 1 aromatic heterocycles. The second kappa shape index (κ2) is 10.2. The van der Waals surface area contributed by atoms with Crippen molar-refractivity contribution in [2.75, 3.05) is 42.9 Å². The zero-order valence-corrected chi connectivity index (χ0v) is 19.9. The second-order valence-electron chi connectivity index (χ2n) is 8.79. The molecule has 0 saturated carbocycles. The molecule has 2 aliphatic heterocycles. The predicted molar refractivity (Wildman–Crippen MR) is 128 cm³/mol. The van der Waals surface area contributed by atoms with E-state index in [1.165, 1.54) is 6.33 Å². The Morgan fingerprint density at radius 1 is 1.21 bits per heavy atom. The number of rotatable bonds is 7. The number of aromatic nitrogens is 2. The molecule has 0 spiro atoms. The maximum atomic E-state index is 11.7. The van der Waals surface area contributed by atoms with E-state index in [4.69, 9.17) is 16.3 Å². The minimum atomic E-state index is -0.638. The number of nitrogens with zero attached hydrogens (tertiary/aromatic N) is 4. The van der Waals surface area contributed by atoms with Gasteiger partial charge < -0.3 is 20.1 Å². The maximum Gasteiger partial charge on any atom is 0.413 e. The van der Waals surface area contributed by atoms with E-state index in [2.05, 4.69) is 44.2 Å². The summed E-state index contributed by atoms with van der Waals surface area (Å²) in [6.45, 7) is 9.40. The number of nitrogens with one attached hydrogen (secondary N) is 2. The van der Waals surface area contributed by atoms with E-state index in [9.17, 15) is 9.90 Å². The number of anilines is 2. The highest BCUT2D eigenvalue weighted by atomic mass is 35.5. The molecule has 1 unspecified atom stereocenters. The standard InChI is InChI=1S/C23H31ClN6O3/c1-14(2)25-12-18(16-4-6-17(24)7-5-16)22(31)30-10-8-29(9-11-30)21-19-15(3)33-23(32)28-20(19)26-13-27-21/h4-7,13-15,18,22,25,31H,8-12H2,1-3H3,(H,26,27,28,32)/t15-,18-,22?/m1/s1. The number of carbonyl (C=O) groups excluding carboxylic acids is 1. The molecule has 3 heterocycles.